The van der Waals surface area contributed by atoms with Gasteiger partial charge in [-0.05, 0) is 52.7 Å². The lowest BCUT2D eigenvalue weighted by molar-refractivity contribution is 0.0908. The van der Waals surface area contributed by atoms with Gasteiger partial charge in [0.15, 0.2) is 11.5 Å². The molecular weight excluding hydrogens is 350 g/mol. The molecule has 0 radical (unpaired) electrons. The lowest BCUT2D eigenvalue weighted by atomic mass is 9.90. The Morgan fingerprint density at radius 2 is 1.81 bits per heavy atom. The fourth-order valence-electron chi connectivity index (χ4n) is 3.77. The van der Waals surface area contributed by atoms with E-state index in [1.165, 1.54) is 12.8 Å². The maximum Gasteiger partial charge on any atom is 0.287 e. The van der Waals surface area contributed by atoms with Crippen molar-refractivity contribution in [2.24, 2.45) is 0 Å². The maximum absolute atomic E-state index is 12.6. The van der Waals surface area contributed by atoms with E-state index in [9.17, 15) is 14.4 Å². The first-order chi connectivity index (χ1) is 13.0. The second-order valence-electron chi connectivity index (χ2n) is 7.05. The molecule has 8 heteroatoms. The Kier molecular flexibility index (Phi) is 4.43. The van der Waals surface area contributed by atoms with Crippen molar-refractivity contribution in [2.75, 3.05) is 26.2 Å². The van der Waals surface area contributed by atoms with Gasteiger partial charge < -0.3 is 19.2 Å². The van der Waals surface area contributed by atoms with Crippen LogP contribution in [-0.2, 0) is 0 Å². The number of aromatic nitrogens is 1. The number of fused-ring (bicyclic) bond motifs is 2. The van der Waals surface area contributed by atoms with Crippen LogP contribution in [0.3, 0.4) is 0 Å². The molecular formula is C19H21N3O5. The van der Waals surface area contributed by atoms with Crippen LogP contribution in [0.5, 0.6) is 0 Å². The number of rotatable bonds is 5. The van der Waals surface area contributed by atoms with E-state index < -0.39 is 17.5 Å². The van der Waals surface area contributed by atoms with Crippen LogP contribution in [0.2, 0.25) is 0 Å². The summed E-state index contributed by atoms with van der Waals surface area (Å²) in [4.78, 5) is 40.2. The van der Waals surface area contributed by atoms with Crippen LogP contribution in [-0.4, -0.2) is 53.7 Å². The van der Waals surface area contributed by atoms with Crippen LogP contribution < -0.4 is 5.32 Å². The minimum atomic E-state index is -0.477. The Morgan fingerprint density at radius 3 is 2.56 bits per heavy atom. The van der Waals surface area contributed by atoms with Gasteiger partial charge in [0.25, 0.3) is 5.91 Å². The Bertz CT molecular complexity index is 932. The third-order valence-electron chi connectivity index (χ3n) is 5.22. The highest BCUT2D eigenvalue weighted by Crippen LogP contribution is 2.34. The van der Waals surface area contributed by atoms with E-state index in [4.69, 9.17) is 8.94 Å². The van der Waals surface area contributed by atoms with Crippen LogP contribution in [0.25, 0.3) is 0 Å². The van der Waals surface area contributed by atoms with E-state index in [2.05, 4.69) is 15.4 Å². The molecule has 3 heterocycles. The summed E-state index contributed by atoms with van der Waals surface area (Å²) < 4.78 is 10.5. The first-order valence-corrected chi connectivity index (χ1v) is 9.18. The van der Waals surface area contributed by atoms with Crippen molar-refractivity contribution in [3.63, 3.8) is 0 Å². The van der Waals surface area contributed by atoms with Gasteiger partial charge in [-0.1, -0.05) is 5.16 Å². The second-order valence-corrected chi connectivity index (χ2v) is 7.05. The summed E-state index contributed by atoms with van der Waals surface area (Å²) in [6, 6.07) is 0. The SMILES string of the molecule is Cc1noc2c1C(=O)c1oc(C(=O)NCCCN3CCCC3)c(C)c1C2=O. The van der Waals surface area contributed by atoms with Crippen molar-refractivity contribution < 1.29 is 23.3 Å². The van der Waals surface area contributed by atoms with E-state index in [1.807, 2.05) is 0 Å². The van der Waals surface area contributed by atoms with E-state index in [-0.39, 0.29) is 28.4 Å². The summed E-state index contributed by atoms with van der Waals surface area (Å²) in [5, 5.41) is 6.50. The topological polar surface area (TPSA) is 106 Å². The van der Waals surface area contributed by atoms with Gasteiger partial charge in [-0.3, -0.25) is 14.4 Å². The number of hydrogen-bond donors (Lipinski definition) is 1. The molecule has 1 fully saturated rings. The zero-order valence-corrected chi connectivity index (χ0v) is 15.4. The molecule has 0 atom stereocenters. The number of nitrogens with one attached hydrogen (secondary N) is 1. The molecule has 142 valence electrons. The van der Waals surface area contributed by atoms with Gasteiger partial charge in [0.05, 0.1) is 11.3 Å². The number of furan rings is 1. The first-order valence-electron chi connectivity index (χ1n) is 9.18. The smallest absolute Gasteiger partial charge is 0.287 e. The standard InChI is InChI=1S/C19H21N3O5/c1-10-12-14(23)18-13(11(2)21-27-18)15(24)17(12)26-16(10)19(25)20-6-5-9-22-7-3-4-8-22/h3-9H2,1-2H3,(H,20,25). The predicted molar refractivity (Wildman–Crippen MR) is 94.2 cm³/mol. The number of ketones is 2. The Morgan fingerprint density at radius 1 is 1.11 bits per heavy atom. The number of nitrogens with zero attached hydrogens (tertiary/aromatic N) is 2. The molecule has 0 saturated carbocycles. The summed E-state index contributed by atoms with van der Waals surface area (Å²) in [6.07, 6.45) is 3.30. The number of carbonyl (C=O) groups is 3. The molecule has 2 aliphatic rings. The van der Waals surface area contributed by atoms with E-state index in [1.54, 1.807) is 13.8 Å². The van der Waals surface area contributed by atoms with Crippen molar-refractivity contribution in [2.45, 2.75) is 33.1 Å². The fourth-order valence-corrected chi connectivity index (χ4v) is 3.77. The first kappa shape index (κ1) is 17.7. The lowest BCUT2D eigenvalue weighted by Crippen LogP contribution is -2.28. The molecule has 27 heavy (non-hydrogen) atoms. The molecule has 2 aromatic heterocycles. The third-order valence-corrected chi connectivity index (χ3v) is 5.22. The van der Waals surface area contributed by atoms with Crippen molar-refractivity contribution >= 4 is 17.5 Å². The summed E-state index contributed by atoms with van der Waals surface area (Å²) in [5.74, 6) is -1.58. The minimum Gasteiger partial charge on any atom is -0.446 e. The Labute approximate surface area is 155 Å². The third kappa shape index (κ3) is 2.90. The summed E-state index contributed by atoms with van der Waals surface area (Å²) in [6.45, 7) is 6.86. The predicted octanol–water partition coefficient (Wildman–Crippen LogP) is 1.88. The molecule has 1 N–H and O–H groups in total. The van der Waals surface area contributed by atoms with Gasteiger partial charge >= 0.3 is 0 Å². The highest BCUT2D eigenvalue weighted by atomic mass is 16.5. The van der Waals surface area contributed by atoms with Crippen molar-refractivity contribution in [3.8, 4) is 0 Å². The summed E-state index contributed by atoms with van der Waals surface area (Å²) in [7, 11) is 0. The van der Waals surface area contributed by atoms with E-state index >= 15 is 0 Å². The summed E-state index contributed by atoms with van der Waals surface area (Å²) >= 11 is 0. The molecule has 0 bridgehead atoms. The molecule has 0 aromatic carbocycles. The number of hydrogen-bond acceptors (Lipinski definition) is 7. The molecule has 1 aliphatic carbocycles. The van der Waals surface area contributed by atoms with E-state index in [0.717, 1.165) is 26.1 Å². The van der Waals surface area contributed by atoms with Crippen LogP contribution in [0.1, 0.15) is 73.3 Å². The van der Waals surface area contributed by atoms with Gasteiger partial charge in [-0.15, -0.1) is 0 Å². The summed E-state index contributed by atoms with van der Waals surface area (Å²) in [5.41, 5.74) is 0.876. The molecule has 2 aromatic rings. The van der Waals surface area contributed by atoms with Crippen LogP contribution in [0.4, 0.5) is 0 Å². The zero-order chi connectivity index (χ0) is 19.1. The lowest BCUT2D eigenvalue weighted by Gasteiger charge is -2.14. The quantitative estimate of drug-likeness (QED) is 0.683. The van der Waals surface area contributed by atoms with Crippen LogP contribution in [0, 0.1) is 13.8 Å². The van der Waals surface area contributed by atoms with Crippen molar-refractivity contribution in [1.29, 1.82) is 0 Å². The number of likely N-dealkylation sites (tertiary alicyclic amines) is 1. The average Bonchev–Trinajstić information content (AvgIpc) is 3.36. The molecule has 8 nitrogen and oxygen atoms in total. The minimum absolute atomic E-state index is 0.00126. The van der Waals surface area contributed by atoms with Gasteiger partial charge in [0.2, 0.25) is 17.3 Å². The molecule has 0 spiro atoms. The second kappa shape index (κ2) is 6.77. The molecule has 1 aliphatic heterocycles. The Hall–Kier alpha value is -2.74. The molecule has 4 rings (SSSR count). The van der Waals surface area contributed by atoms with Gasteiger partial charge in [-0.2, -0.15) is 0 Å². The number of carbonyl (C=O) groups excluding carboxylic acids is 3. The van der Waals surface area contributed by atoms with Gasteiger partial charge in [-0.25, -0.2) is 0 Å². The maximum atomic E-state index is 12.6. The highest BCUT2D eigenvalue weighted by Gasteiger charge is 2.41. The van der Waals surface area contributed by atoms with E-state index in [0.29, 0.717) is 17.8 Å². The van der Waals surface area contributed by atoms with Crippen molar-refractivity contribution in [3.05, 3.63) is 39.7 Å². The number of aryl methyl sites for hydroxylation is 1. The van der Waals surface area contributed by atoms with Gasteiger partial charge in [0.1, 0.15) is 5.56 Å². The normalized spacial score (nSPS) is 16.5. The Balaban J connectivity index is 1.49. The van der Waals surface area contributed by atoms with Crippen LogP contribution >= 0.6 is 0 Å². The molecule has 1 saturated heterocycles. The zero-order valence-electron chi connectivity index (χ0n) is 15.4. The average molecular weight is 371 g/mol. The largest absolute Gasteiger partial charge is 0.446 e. The van der Waals surface area contributed by atoms with Gasteiger partial charge in [0, 0.05) is 12.1 Å². The number of amides is 1. The van der Waals surface area contributed by atoms with Crippen molar-refractivity contribution in [1.82, 2.24) is 15.4 Å². The molecule has 1 amide bonds. The fraction of sp³-hybridized carbons (Fsp3) is 0.474. The van der Waals surface area contributed by atoms with Crippen LogP contribution in [0.15, 0.2) is 8.94 Å². The molecule has 0 unspecified atom stereocenters. The highest BCUT2D eigenvalue weighted by molar-refractivity contribution is 6.27. The monoisotopic (exact) mass is 371 g/mol.